The molecule has 0 unspecified atom stereocenters. The number of aromatic hydroxyl groups is 1. The summed E-state index contributed by atoms with van der Waals surface area (Å²) in [5.74, 6) is 0.356. The van der Waals surface area contributed by atoms with Crippen molar-refractivity contribution in [3.05, 3.63) is 29.8 Å². The van der Waals surface area contributed by atoms with Gasteiger partial charge in [0.25, 0.3) is 0 Å². The van der Waals surface area contributed by atoms with Crippen molar-refractivity contribution in [1.82, 2.24) is 0 Å². The topological polar surface area (TPSA) is 40.5 Å². The maximum Gasteiger partial charge on any atom is 0.115 e. The van der Waals surface area contributed by atoms with Crippen molar-refractivity contribution in [3.8, 4) is 5.75 Å². The third kappa shape index (κ3) is 3.63. The molecular weight excluding hydrogens is 140 g/mol. The zero-order valence-electron chi connectivity index (χ0n) is 6.91. The van der Waals surface area contributed by atoms with Gasteiger partial charge in [-0.15, -0.1) is 0 Å². The van der Waals surface area contributed by atoms with Crippen LogP contribution < -0.4 is 0 Å². The smallest absolute Gasteiger partial charge is 0.115 e. The Balaban J connectivity index is 0.000000461. The minimum absolute atomic E-state index is 0.356. The van der Waals surface area contributed by atoms with Gasteiger partial charge in [0.15, 0.2) is 0 Å². The zero-order chi connectivity index (χ0) is 8.69. The predicted molar refractivity (Wildman–Crippen MR) is 45.6 cm³/mol. The summed E-state index contributed by atoms with van der Waals surface area (Å²) in [6.45, 7) is 2.06. The van der Waals surface area contributed by atoms with Gasteiger partial charge in [-0.2, -0.15) is 0 Å². The maximum absolute atomic E-state index is 8.94. The van der Waals surface area contributed by atoms with Crippen molar-refractivity contribution in [2.24, 2.45) is 0 Å². The molecule has 0 atom stereocenters. The molecule has 0 aliphatic heterocycles. The van der Waals surface area contributed by atoms with E-state index in [1.54, 1.807) is 12.1 Å². The van der Waals surface area contributed by atoms with E-state index in [9.17, 15) is 0 Å². The van der Waals surface area contributed by atoms with Crippen molar-refractivity contribution in [1.29, 1.82) is 0 Å². The molecule has 1 aromatic rings. The molecule has 0 amide bonds. The van der Waals surface area contributed by atoms with Gasteiger partial charge >= 0.3 is 0 Å². The molecular formula is C9H14O2. The molecule has 0 heterocycles. The van der Waals surface area contributed by atoms with Gasteiger partial charge < -0.3 is 10.2 Å². The fourth-order valence-electron chi connectivity index (χ4n) is 0.776. The van der Waals surface area contributed by atoms with E-state index in [4.69, 9.17) is 10.2 Å². The Hall–Kier alpha value is -1.02. The number of aliphatic hydroxyl groups excluding tert-OH is 1. The van der Waals surface area contributed by atoms with Crippen LogP contribution in [-0.4, -0.2) is 17.3 Å². The Morgan fingerprint density at radius 3 is 2.27 bits per heavy atom. The van der Waals surface area contributed by atoms with Crippen LogP contribution in [0.2, 0.25) is 0 Å². The first-order valence-corrected chi connectivity index (χ1v) is 3.55. The van der Waals surface area contributed by atoms with E-state index in [1.807, 2.05) is 12.1 Å². The fraction of sp³-hybridized carbons (Fsp3) is 0.333. The van der Waals surface area contributed by atoms with Crippen LogP contribution in [0.3, 0.4) is 0 Å². The lowest BCUT2D eigenvalue weighted by Gasteiger charge is -1.94. The van der Waals surface area contributed by atoms with Gasteiger partial charge in [-0.05, 0) is 24.1 Å². The van der Waals surface area contributed by atoms with Crippen molar-refractivity contribution in [3.63, 3.8) is 0 Å². The minimum atomic E-state index is 0.356. The second kappa shape index (κ2) is 5.74. The van der Waals surface area contributed by atoms with E-state index in [0.717, 1.165) is 13.5 Å². The molecule has 1 rings (SSSR count). The third-order valence-electron chi connectivity index (χ3n) is 1.32. The number of hydrogen-bond donors (Lipinski definition) is 2. The lowest BCUT2D eigenvalue weighted by molar-refractivity contribution is 0.399. The summed E-state index contributed by atoms with van der Waals surface area (Å²) < 4.78 is 0. The molecule has 2 N–H and O–H groups in total. The van der Waals surface area contributed by atoms with Crippen LogP contribution in [0.4, 0.5) is 0 Å². The third-order valence-corrected chi connectivity index (χ3v) is 1.32. The van der Waals surface area contributed by atoms with E-state index in [0.29, 0.717) is 5.75 Å². The molecule has 0 aromatic heterocycles. The predicted octanol–water partition coefficient (Wildman–Crippen LogP) is 1.56. The Kier molecular flexibility index (Phi) is 5.21. The summed E-state index contributed by atoms with van der Waals surface area (Å²) in [5.41, 5.74) is 1.18. The number of phenolic OH excluding ortho intramolecular Hbond substituents is 1. The Morgan fingerprint density at radius 2 is 1.91 bits per heavy atom. The van der Waals surface area contributed by atoms with E-state index in [-0.39, 0.29) is 0 Å². The summed E-state index contributed by atoms with van der Waals surface area (Å²) in [6, 6.07) is 7.31. The van der Waals surface area contributed by atoms with Gasteiger partial charge in [0.05, 0.1) is 0 Å². The first-order valence-electron chi connectivity index (χ1n) is 3.55. The van der Waals surface area contributed by atoms with Crippen LogP contribution in [0.15, 0.2) is 24.3 Å². The average Bonchev–Trinajstić information content (AvgIpc) is 2.08. The van der Waals surface area contributed by atoms with Crippen molar-refractivity contribution in [2.45, 2.75) is 13.3 Å². The molecule has 0 spiro atoms. The number of aliphatic hydroxyl groups is 1. The molecule has 62 valence electrons. The van der Waals surface area contributed by atoms with Crippen LogP contribution in [-0.2, 0) is 6.42 Å². The van der Waals surface area contributed by atoms with Gasteiger partial charge in [-0.1, -0.05) is 19.1 Å². The first-order chi connectivity index (χ1) is 5.33. The molecule has 0 radical (unpaired) electrons. The normalized spacial score (nSPS) is 8.27. The second-order valence-corrected chi connectivity index (χ2v) is 2.02. The molecule has 0 fully saturated rings. The largest absolute Gasteiger partial charge is 0.508 e. The molecule has 11 heavy (non-hydrogen) atoms. The van der Waals surface area contributed by atoms with Gasteiger partial charge in [0, 0.05) is 7.11 Å². The molecule has 2 nitrogen and oxygen atoms in total. The van der Waals surface area contributed by atoms with Crippen molar-refractivity contribution in [2.75, 3.05) is 7.11 Å². The second-order valence-electron chi connectivity index (χ2n) is 2.02. The molecule has 0 saturated heterocycles. The highest BCUT2D eigenvalue weighted by Gasteiger charge is 1.87. The van der Waals surface area contributed by atoms with Crippen molar-refractivity contribution >= 4 is 0 Å². The van der Waals surface area contributed by atoms with Crippen LogP contribution in [0.25, 0.3) is 0 Å². The molecule has 0 aliphatic carbocycles. The van der Waals surface area contributed by atoms with Gasteiger partial charge in [0.1, 0.15) is 5.75 Å². The zero-order valence-corrected chi connectivity index (χ0v) is 6.91. The van der Waals surface area contributed by atoms with Gasteiger partial charge in [0.2, 0.25) is 0 Å². The highest BCUT2D eigenvalue weighted by molar-refractivity contribution is 5.26. The van der Waals surface area contributed by atoms with E-state index >= 15 is 0 Å². The van der Waals surface area contributed by atoms with E-state index in [1.165, 1.54) is 5.56 Å². The van der Waals surface area contributed by atoms with Gasteiger partial charge in [-0.3, -0.25) is 0 Å². The monoisotopic (exact) mass is 154 g/mol. The number of aryl methyl sites for hydroxylation is 1. The Morgan fingerprint density at radius 1 is 1.27 bits per heavy atom. The molecule has 0 saturated carbocycles. The summed E-state index contributed by atoms with van der Waals surface area (Å²) in [6.07, 6.45) is 0.981. The van der Waals surface area contributed by atoms with Crippen LogP contribution in [0.1, 0.15) is 12.5 Å². The molecule has 0 bridgehead atoms. The molecule has 1 aromatic carbocycles. The lowest BCUT2D eigenvalue weighted by Crippen LogP contribution is -1.75. The van der Waals surface area contributed by atoms with E-state index in [2.05, 4.69) is 6.92 Å². The van der Waals surface area contributed by atoms with Crippen LogP contribution >= 0.6 is 0 Å². The maximum atomic E-state index is 8.94. The number of phenols is 1. The Bertz CT molecular complexity index is 197. The highest BCUT2D eigenvalue weighted by Crippen LogP contribution is 2.10. The van der Waals surface area contributed by atoms with Gasteiger partial charge in [-0.25, -0.2) is 0 Å². The van der Waals surface area contributed by atoms with Crippen LogP contribution in [0.5, 0.6) is 5.75 Å². The number of hydrogen-bond acceptors (Lipinski definition) is 2. The SMILES string of the molecule is CCc1cccc(O)c1.CO. The van der Waals surface area contributed by atoms with E-state index < -0.39 is 0 Å². The first kappa shape index (κ1) is 9.98. The highest BCUT2D eigenvalue weighted by atomic mass is 16.3. The lowest BCUT2D eigenvalue weighted by atomic mass is 10.2. The summed E-state index contributed by atoms with van der Waals surface area (Å²) in [5, 5.41) is 15.9. The molecule has 0 aliphatic rings. The average molecular weight is 154 g/mol. The molecule has 2 heteroatoms. The quantitative estimate of drug-likeness (QED) is 0.644. The summed E-state index contributed by atoms with van der Waals surface area (Å²) in [4.78, 5) is 0. The summed E-state index contributed by atoms with van der Waals surface area (Å²) >= 11 is 0. The summed E-state index contributed by atoms with van der Waals surface area (Å²) in [7, 11) is 1.00. The number of benzene rings is 1. The minimum Gasteiger partial charge on any atom is -0.508 e. The fourth-order valence-corrected chi connectivity index (χ4v) is 0.776. The van der Waals surface area contributed by atoms with Crippen LogP contribution in [0, 0.1) is 0 Å². The number of rotatable bonds is 1. The standard InChI is InChI=1S/C8H10O.CH4O/c1-2-7-4-3-5-8(9)6-7;1-2/h3-6,9H,2H2,1H3;2H,1H3. The Labute approximate surface area is 67.1 Å². The van der Waals surface area contributed by atoms with Crippen molar-refractivity contribution < 1.29 is 10.2 Å².